The Kier molecular flexibility index (Phi) is 8.44. The Morgan fingerprint density at radius 2 is 1.79 bits per heavy atom. The molecule has 0 heterocycles. The van der Waals surface area contributed by atoms with Crippen LogP contribution in [0.3, 0.4) is 0 Å². The number of benzene rings is 3. The number of carbonyl (C=O) groups is 2. The summed E-state index contributed by atoms with van der Waals surface area (Å²) in [5.41, 5.74) is 2.50. The molecule has 0 aromatic heterocycles. The van der Waals surface area contributed by atoms with Crippen molar-refractivity contribution in [2.24, 2.45) is 0 Å². The number of carbonyl (C=O) groups excluding carboxylic acids is 2. The van der Waals surface area contributed by atoms with Gasteiger partial charge in [0.2, 0.25) is 0 Å². The molecule has 172 valence electrons. The number of hydrogen-bond donors (Lipinski definition) is 2. The molecule has 0 unspecified atom stereocenters. The van der Waals surface area contributed by atoms with E-state index in [4.69, 9.17) is 27.9 Å². The number of nitrogens with one attached hydrogen (secondary N) is 2. The molecule has 5 nitrogen and oxygen atoms in total. The fourth-order valence-corrected chi connectivity index (χ4v) is 3.62. The molecular formula is C25H23Cl2FN2O3. The maximum atomic E-state index is 14.1. The van der Waals surface area contributed by atoms with Crippen molar-refractivity contribution in [1.29, 1.82) is 0 Å². The van der Waals surface area contributed by atoms with Gasteiger partial charge in [0.25, 0.3) is 5.91 Å². The number of ether oxygens (including phenoxy) is 1. The first kappa shape index (κ1) is 24.7. The fraction of sp³-hybridized carbons (Fsp3) is 0.200. The highest BCUT2D eigenvalue weighted by molar-refractivity contribution is 6.35. The highest BCUT2D eigenvalue weighted by Gasteiger charge is 2.18. The predicted molar refractivity (Wildman–Crippen MR) is 130 cm³/mol. The number of hydrogen-bond acceptors (Lipinski definition) is 4. The summed E-state index contributed by atoms with van der Waals surface area (Å²) in [7, 11) is 1.60. The normalized spacial score (nSPS) is 10.7. The van der Waals surface area contributed by atoms with E-state index in [1.165, 1.54) is 12.1 Å². The van der Waals surface area contributed by atoms with Crippen molar-refractivity contribution >= 4 is 46.3 Å². The Hall–Kier alpha value is -2.93. The molecular weight excluding hydrogens is 466 g/mol. The molecule has 0 saturated carbocycles. The molecule has 0 saturated heterocycles. The first-order chi connectivity index (χ1) is 15.8. The second-order valence-corrected chi connectivity index (χ2v) is 8.25. The summed E-state index contributed by atoms with van der Waals surface area (Å²) in [5.74, 6) is -1.08. The van der Waals surface area contributed by atoms with Gasteiger partial charge < -0.3 is 15.4 Å². The summed E-state index contributed by atoms with van der Waals surface area (Å²) in [6.45, 7) is 2.81. The zero-order valence-corrected chi connectivity index (χ0v) is 19.7. The Bertz CT molecular complexity index is 1180. The van der Waals surface area contributed by atoms with E-state index in [1.54, 1.807) is 56.5 Å². The van der Waals surface area contributed by atoms with E-state index in [2.05, 4.69) is 10.6 Å². The van der Waals surface area contributed by atoms with Gasteiger partial charge in [-0.2, -0.15) is 0 Å². The van der Waals surface area contributed by atoms with Crippen molar-refractivity contribution in [1.82, 2.24) is 5.32 Å². The third kappa shape index (κ3) is 6.32. The van der Waals surface area contributed by atoms with Crippen LogP contribution in [0.4, 0.5) is 15.8 Å². The monoisotopic (exact) mass is 488 g/mol. The minimum Gasteiger partial charge on any atom is -0.385 e. The van der Waals surface area contributed by atoms with Gasteiger partial charge in [-0.1, -0.05) is 29.3 Å². The van der Waals surface area contributed by atoms with Crippen molar-refractivity contribution in [2.75, 3.05) is 25.6 Å². The lowest BCUT2D eigenvalue weighted by molar-refractivity contribution is 0.0948. The second kappa shape index (κ2) is 11.3. The van der Waals surface area contributed by atoms with E-state index in [-0.39, 0.29) is 28.0 Å². The van der Waals surface area contributed by atoms with Crippen molar-refractivity contribution in [3.63, 3.8) is 0 Å². The number of methoxy groups -OCH3 is 1. The summed E-state index contributed by atoms with van der Waals surface area (Å²) in [6, 6.07) is 14.0. The van der Waals surface area contributed by atoms with E-state index in [0.717, 1.165) is 5.56 Å². The van der Waals surface area contributed by atoms with Crippen LogP contribution in [-0.2, 0) is 4.74 Å². The third-order valence-corrected chi connectivity index (χ3v) is 5.53. The molecule has 0 atom stereocenters. The smallest absolute Gasteiger partial charge is 0.251 e. The summed E-state index contributed by atoms with van der Waals surface area (Å²) >= 11 is 12.2. The number of anilines is 2. The quantitative estimate of drug-likeness (QED) is 0.278. The largest absolute Gasteiger partial charge is 0.385 e. The summed E-state index contributed by atoms with van der Waals surface area (Å²) in [4.78, 5) is 25.6. The van der Waals surface area contributed by atoms with Gasteiger partial charge in [0.05, 0.1) is 10.7 Å². The van der Waals surface area contributed by atoms with E-state index in [1.807, 2.05) is 0 Å². The summed E-state index contributed by atoms with van der Waals surface area (Å²) in [6.07, 6.45) is 0.690. The molecule has 3 aromatic carbocycles. The molecule has 0 fully saturated rings. The molecule has 2 N–H and O–H groups in total. The lowest BCUT2D eigenvalue weighted by Gasteiger charge is -2.12. The standard InChI is InChI=1S/C25H23Cl2FN2O3/c1-15-4-5-16(25(32)29-10-3-11-33-2)12-20(15)24(31)19-8-7-18(14-21(19)27)30-23-9-6-17(26)13-22(23)28/h4-9,12-14,30H,3,10-11H2,1-2H3,(H,29,32). The highest BCUT2D eigenvalue weighted by atomic mass is 35.5. The van der Waals surface area contributed by atoms with Crippen LogP contribution in [0.25, 0.3) is 0 Å². The minimum atomic E-state index is -0.508. The highest BCUT2D eigenvalue weighted by Crippen LogP contribution is 2.28. The Morgan fingerprint density at radius 1 is 1.00 bits per heavy atom. The van der Waals surface area contributed by atoms with Crippen LogP contribution in [0.1, 0.15) is 38.3 Å². The molecule has 0 aliphatic rings. The minimum absolute atomic E-state index is 0.202. The van der Waals surface area contributed by atoms with Gasteiger partial charge in [-0.15, -0.1) is 0 Å². The van der Waals surface area contributed by atoms with Crippen molar-refractivity contribution in [3.8, 4) is 0 Å². The lowest BCUT2D eigenvalue weighted by Crippen LogP contribution is -2.25. The van der Waals surface area contributed by atoms with E-state index in [9.17, 15) is 14.0 Å². The van der Waals surface area contributed by atoms with Crippen LogP contribution in [0, 0.1) is 12.7 Å². The van der Waals surface area contributed by atoms with Crippen molar-refractivity contribution < 1.29 is 18.7 Å². The Morgan fingerprint density at radius 3 is 2.48 bits per heavy atom. The van der Waals surface area contributed by atoms with E-state index >= 15 is 0 Å². The van der Waals surface area contributed by atoms with Crippen LogP contribution in [0.5, 0.6) is 0 Å². The van der Waals surface area contributed by atoms with E-state index in [0.29, 0.717) is 41.4 Å². The van der Waals surface area contributed by atoms with Gasteiger partial charge in [0.15, 0.2) is 5.78 Å². The van der Waals surface area contributed by atoms with Gasteiger partial charge in [-0.05, 0) is 67.4 Å². The Balaban J connectivity index is 1.79. The number of aryl methyl sites for hydroxylation is 1. The van der Waals surface area contributed by atoms with Crippen molar-refractivity contribution in [2.45, 2.75) is 13.3 Å². The molecule has 1 amide bonds. The van der Waals surface area contributed by atoms with Gasteiger partial charge >= 0.3 is 0 Å². The first-order valence-electron chi connectivity index (χ1n) is 10.2. The van der Waals surface area contributed by atoms with E-state index < -0.39 is 5.82 Å². The molecule has 0 aliphatic heterocycles. The van der Waals surface area contributed by atoms with Gasteiger partial charge in [-0.25, -0.2) is 4.39 Å². The number of rotatable bonds is 9. The van der Waals surface area contributed by atoms with Crippen molar-refractivity contribution in [3.05, 3.63) is 92.7 Å². The molecule has 3 rings (SSSR count). The first-order valence-corrected chi connectivity index (χ1v) is 11.0. The number of halogens is 3. The van der Waals surface area contributed by atoms with Gasteiger partial charge in [0.1, 0.15) is 5.82 Å². The molecule has 0 aliphatic carbocycles. The lowest BCUT2D eigenvalue weighted by atomic mass is 9.96. The SMILES string of the molecule is COCCCNC(=O)c1ccc(C)c(C(=O)c2ccc(Nc3ccc(Cl)cc3F)cc2Cl)c1. The third-order valence-electron chi connectivity index (χ3n) is 4.98. The zero-order chi connectivity index (χ0) is 24.0. The molecule has 33 heavy (non-hydrogen) atoms. The molecule has 8 heteroatoms. The maximum absolute atomic E-state index is 14.1. The molecule has 0 radical (unpaired) electrons. The topological polar surface area (TPSA) is 67.4 Å². The Labute approximate surface area is 201 Å². The number of ketones is 1. The zero-order valence-electron chi connectivity index (χ0n) is 18.2. The van der Waals surface area contributed by atoms with Crippen LogP contribution in [-0.4, -0.2) is 32.0 Å². The van der Waals surface area contributed by atoms with Crippen LogP contribution < -0.4 is 10.6 Å². The van der Waals surface area contributed by atoms with Gasteiger partial charge in [0, 0.05) is 47.7 Å². The fourth-order valence-electron chi connectivity index (χ4n) is 3.20. The van der Waals surface area contributed by atoms with Crippen LogP contribution in [0.2, 0.25) is 10.0 Å². The summed E-state index contributed by atoms with van der Waals surface area (Å²) < 4.78 is 19.0. The molecule has 0 bridgehead atoms. The summed E-state index contributed by atoms with van der Waals surface area (Å²) in [5, 5.41) is 6.22. The van der Waals surface area contributed by atoms with Crippen LogP contribution in [0.15, 0.2) is 54.6 Å². The number of amides is 1. The van der Waals surface area contributed by atoms with Gasteiger partial charge in [-0.3, -0.25) is 9.59 Å². The average Bonchev–Trinajstić information content (AvgIpc) is 2.78. The predicted octanol–water partition coefficient (Wildman–Crippen LogP) is 6.18. The van der Waals surface area contributed by atoms with Crippen LogP contribution >= 0.6 is 23.2 Å². The molecule has 3 aromatic rings. The average molecular weight is 489 g/mol. The molecule has 0 spiro atoms. The maximum Gasteiger partial charge on any atom is 0.251 e. The second-order valence-electron chi connectivity index (χ2n) is 7.40.